The van der Waals surface area contributed by atoms with Gasteiger partial charge in [-0.05, 0) is 38.1 Å². The van der Waals surface area contributed by atoms with E-state index >= 15 is 0 Å². The van der Waals surface area contributed by atoms with Gasteiger partial charge in [0.25, 0.3) is 0 Å². The Morgan fingerprint density at radius 1 is 1.12 bits per heavy atom. The molecule has 17 heavy (non-hydrogen) atoms. The maximum Gasteiger partial charge on any atom is 0.221 e. The molecule has 0 spiro atoms. The van der Waals surface area contributed by atoms with Crippen LogP contribution in [0.4, 0.5) is 0 Å². The van der Waals surface area contributed by atoms with Crippen LogP contribution in [0, 0.1) is 5.92 Å². The maximum atomic E-state index is 11.7. The summed E-state index contributed by atoms with van der Waals surface area (Å²) in [5.41, 5.74) is 0. The van der Waals surface area contributed by atoms with Crippen molar-refractivity contribution >= 4 is 18.3 Å². The van der Waals surface area contributed by atoms with E-state index in [9.17, 15) is 4.79 Å². The van der Waals surface area contributed by atoms with Gasteiger partial charge >= 0.3 is 0 Å². The molecule has 0 aromatic rings. The highest BCUT2D eigenvalue weighted by Crippen LogP contribution is 2.22. The van der Waals surface area contributed by atoms with Crippen molar-refractivity contribution in [3.8, 4) is 0 Å². The second kappa shape index (κ2) is 7.93. The van der Waals surface area contributed by atoms with Gasteiger partial charge in [0.1, 0.15) is 0 Å². The maximum absolute atomic E-state index is 11.7. The van der Waals surface area contributed by atoms with Gasteiger partial charge in [-0.1, -0.05) is 19.3 Å². The minimum Gasteiger partial charge on any atom is -0.356 e. The molecule has 3 nitrogen and oxygen atoms in total. The van der Waals surface area contributed by atoms with E-state index in [4.69, 9.17) is 0 Å². The van der Waals surface area contributed by atoms with Crippen LogP contribution in [0.25, 0.3) is 0 Å². The number of nitrogens with one attached hydrogen (secondary N) is 2. The molecule has 0 radical (unpaired) electrons. The van der Waals surface area contributed by atoms with E-state index < -0.39 is 0 Å². The summed E-state index contributed by atoms with van der Waals surface area (Å²) in [5, 5.41) is 6.46. The highest BCUT2D eigenvalue weighted by Gasteiger charge is 2.19. The summed E-state index contributed by atoms with van der Waals surface area (Å²) in [5.74, 6) is 0.985. The van der Waals surface area contributed by atoms with Crippen molar-refractivity contribution in [3.63, 3.8) is 0 Å². The SMILES string of the molecule is Cl.O=C(CC1CCCN1)NCC1CCCCC1. The molecule has 1 aliphatic heterocycles. The summed E-state index contributed by atoms with van der Waals surface area (Å²) < 4.78 is 0. The molecule has 100 valence electrons. The summed E-state index contributed by atoms with van der Waals surface area (Å²) in [4.78, 5) is 11.7. The Labute approximate surface area is 111 Å². The fourth-order valence-corrected chi connectivity index (χ4v) is 2.88. The smallest absolute Gasteiger partial charge is 0.221 e. The quantitative estimate of drug-likeness (QED) is 0.814. The standard InChI is InChI=1S/C13H24N2O.ClH/c16-13(9-12-7-4-8-14-12)15-10-11-5-2-1-3-6-11;/h11-12,14H,1-10H2,(H,15,16);1H. The highest BCUT2D eigenvalue weighted by atomic mass is 35.5. The first kappa shape index (κ1) is 14.8. The second-order valence-corrected chi connectivity index (χ2v) is 5.31. The van der Waals surface area contributed by atoms with Crippen molar-refractivity contribution in [1.29, 1.82) is 0 Å². The first-order chi connectivity index (χ1) is 7.84. The van der Waals surface area contributed by atoms with E-state index in [1.807, 2.05) is 0 Å². The van der Waals surface area contributed by atoms with Crippen molar-refractivity contribution in [2.24, 2.45) is 5.92 Å². The number of carbonyl (C=O) groups is 1. The van der Waals surface area contributed by atoms with Gasteiger partial charge < -0.3 is 10.6 Å². The van der Waals surface area contributed by atoms with Gasteiger partial charge in [0.15, 0.2) is 0 Å². The van der Waals surface area contributed by atoms with Crippen LogP contribution in [0.5, 0.6) is 0 Å². The minimum absolute atomic E-state index is 0. The molecule has 1 amide bonds. The molecule has 2 N–H and O–H groups in total. The average Bonchev–Trinajstić information content (AvgIpc) is 2.81. The number of carbonyl (C=O) groups excluding carboxylic acids is 1. The summed E-state index contributed by atoms with van der Waals surface area (Å²) in [6.45, 7) is 1.99. The van der Waals surface area contributed by atoms with E-state index in [-0.39, 0.29) is 18.3 Å². The van der Waals surface area contributed by atoms with E-state index in [0.717, 1.165) is 25.4 Å². The van der Waals surface area contributed by atoms with Gasteiger partial charge in [-0.25, -0.2) is 0 Å². The molecule has 2 rings (SSSR count). The molecule has 0 bridgehead atoms. The topological polar surface area (TPSA) is 41.1 Å². The number of rotatable bonds is 4. The Bertz CT molecular complexity index is 223. The zero-order valence-corrected chi connectivity index (χ0v) is 11.4. The molecule has 1 saturated carbocycles. The van der Waals surface area contributed by atoms with Crippen LogP contribution in [-0.2, 0) is 4.79 Å². The third kappa shape index (κ3) is 5.26. The number of halogens is 1. The lowest BCUT2D eigenvalue weighted by atomic mass is 9.89. The highest BCUT2D eigenvalue weighted by molar-refractivity contribution is 5.85. The zero-order valence-electron chi connectivity index (χ0n) is 10.5. The van der Waals surface area contributed by atoms with Crippen molar-refractivity contribution in [3.05, 3.63) is 0 Å². The molecule has 0 aromatic heterocycles. The van der Waals surface area contributed by atoms with E-state index in [1.54, 1.807) is 0 Å². The van der Waals surface area contributed by atoms with Crippen LogP contribution in [0.15, 0.2) is 0 Å². The summed E-state index contributed by atoms with van der Waals surface area (Å²) >= 11 is 0. The Kier molecular flexibility index (Phi) is 6.90. The molecule has 1 aliphatic carbocycles. The lowest BCUT2D eigenvalue weighted by Gasteiger charge is -2.22. The van der Waals surface area contributed by atoms with Gasteiger partial charge in [-0.15, -0.1) is 12.4 Å². The van der Waals surface area contributed by atoms with Crippen LogP contribution < -0.4 is 10.6 Å². The Balaban J connectivity index is 0.00000144. The van der Waals surface area contributed by atoms with Crippen molar-refractivity contribution in [1.82, 2.24) is 10.6 Å². The number of hydrogen-bond donors (Lipinski definition) is 2. The van der Waals surface area contributed by atoms with Crippen LogP contribution >= 0.6 is 12.4 Å². The molecule has 1 heterocycles. The largest absolute Gasteiger partial charge is 0.356 e. The van der Waals surface area contributed by atoms with E-state index in [2.05, 4.69) is 10.6 Å². The average molecular weight is 261 g/mol. The van der Waals surface area contributed by atoms with Gasteiger partial charge in [0.2, 0.25) is 5.91 Å². The van der Waals surface area contributed by atoms with E-state index in [0.29, 0.717) is 12.5 Å². The van der Waals surface area contributed by atoms with Crippen molar-refractivity contribution in [2.75, 3.05) is 13.1 Å². The van der Waals surface area contributed by atoms with Crippen molar-refractivity contribution < 1.29 is 4.79 Å². The molecule has 1 atom stereocenters. The van der Waals surface area contributed by atoms with Crippen LogP contribution in [0.2, 0.25) is 0 Å². The predicted octanol–water partition coefficient (Wildman–Crippen LogP) is 2.25. The van der Waals surface area contributed by atoms with Gasteiger partial charge in [-0.2, -0.15) is 0 Å². The molecular formula is C13H25ClN2O. The van der Waals surface area contributed by atoms with Crippen molar-refractivity contribution in [2.45, 2.75) is 57.4 Å². The molecule has 4 heteroatoms. The lowest BCUT2D eigenvalue weighted by molar-refractivity contribution is -0.121. The lowest BCUT2D eigenvalue weighted by Crippen LogP contribution is -2.34. The third-order valence-electron chi connectivity index (χ3n) is 3.91. The number of hydrogen-bond acceptors (Lipinski definition) is 2. The van der Waals surface area contributed by atoms with Crippen LogP contribution in [0.3, 0.4) is 0 Å². The van der Waals surface area contributed by atoms with Gasteiger partial charge in [-0.3, -0.25) is 4.79 Å². The third-order valence-corrected chi connectivity index (χ3v) is 3.91. The minimum atomic E-state index is 0. The molecular weight excluding hydrogens is 236 g/mol. The monoisotopic (exact) mass is 260 g/mol. The Morgan fingerprint density at radius 2 is 1.88 bits per heavy atom. The summed E-state index contributed by atoms with van der Waals surface area (Å²) in [6, 6.07) is 0.436. The van der Waals surface area contributed by atoms with E-state index in [1.165, 1.54) is 38.5 Å². The van der Waals surface area contributed by atoms with Gasteiger partial charge in [0, 0.05) is 19.0 Å². The summed E-state index contributed by atoms with van der Waals surface area (Å²) in [6.07, 6.45) is 9.76. The molecule has 1 saturated heterocycles. The fourth-order valence-electron chi connectivity index (χ4n) is 2.88. The van der Waals surface area contributed by atoms with Crippen LogP contribution in [0.1, 0.15) is 51.4 Å². The molecule has 2 aliphatic rings. The predicted molar refractivity (Wildman–Crippen MR) is 72.5 cm³/mol. The molecule has 1 unspecified atom stereocenters. The van der Waals surface area contributed by atoms with Gasteiger partial charge in [0.05, 0.1) is 0 Å². The Hall–Kier alpha value is -0.280. The first-order valence-electron chi connectivity index (χ1n) is 6.84. The zero-order chi connectivity index (χ0) is 11.2. The normalized spacial score (nSPS) is 25.3. The first-order valence-corrected chi connectivity index (χ1v) is 6.84. The number of amides is 1. The van der Waals surface area contributed by atoms with Crippen LogP contribution in [-0.4, -0.2) is 25.0 Å². The fraction of sp³-hybridized carbons (Fsp3) is 0.923. The Morgan fingerprint density at radius 3 is 2.53 bits per heavy atom. The summed E-state index contributed by atoms with van der Waals surface area (Å²) in [7, 11) is 0. The molecule has 2 fully saturated rings. The molecule has 0 aromatic carbocycles. The second-order valence-electron chi connectivity index (χ2n) is 5.31.